The van der Waals surface area contributed by atoms with Gasteiger partial charge >= 0.3 is 0 Å². The zero-order valence-electron chi connectivity index (χ0n) is 12.3. The molecule has 1 aliphatic rings. The molecular formula is C19H19N2O+. The summed E-state index contributed by atoms with van der Waals surface area (Å²) in [6, 6.07) is 18.5. The van der Waals surface area contributed by atoms with E-state index in [1.807, 2.05) is 48.7 Å². The molecule has 0 bridgehead atoms. The van der Waals surface area contributed by atoms with Crippen LogP contribution in [0.1, 0.15) is 34.8 Å². The number of fused-ring (bicyclic) bond motifs is 1. The molecule has 0 aliphatic heterocycles. The minimum atomic E-state index is -0.145. The number of carbonyl (C=O) groups excluding carboxylic acids is 1. The lowest BCUT2D eigenvalue weighted by molar-refractivity contribution is -0.694. The Morgan fingerprint density at radius 2 is 1.77 bits per heavy atom. The highest BCUT2D eigenvalue weighted by Crippen LogP contribution is 2.24. The van der Waals surface area contributed by atoms with Gasteiger partial charge in [0.2, 0.25) is 5.78 Å². The molecule has 110 valence electrons. The zero-order valence-corrected chi connectivity index (χ0v) is 12.3. The average Bonchev–Trinajstić information content (AvgIpc) is 3.29. The first-order chi connectivity index (χ1) is 10.8. The molecule has 22 heavy (non-hydrogen) atoms. The summed E-state index contributed by atoms with van der Waals surface area (Å²) in [6.45, 7) is 0. The highest BCUT2D eigenvalue weighted by atomic mass is 16.1. The maximum atomic E-state index is 13.1. The number of nitrogens with one attached hydrogen (secondary N) is 1. The molecule has 0 saturated heterocycles. The molecule has 0 amide bonds. The Labute approximate surface area is 129 Å². The Hall–Kier alpha value is -2.39. The third-order valence-corrected chi connectivity index (χ3v) is 4.38. The van der Waals surface area contributed by atoms with Crippen molar-refractivity contribution in [3.05, 3.63) is 71.9 Å². The summed E-state index contributed by atoms with van der Waals surface area (Å²) >= 11 is 0. The van der Waals surface area contributed by atoms with Crippen LogP contribution in [0.25, 0.3) is 10.9 Å². The number of ketones is 1. The van der Waals surface area contributed by atoms with Crippen LogP contribution < -0.4 is 5.32 Å². The molecule has 3 nitrogen and oxygen atoms in total. The molecule has 1 saturated carbocycles. The van der Waals surface area contributed by atoms with Gasteiger partial charge in [-0.25, -0.2) is 0 Å². The van der Waals surface area contributed by atoms with Crippen LogP contribution in [0.15, 0.2) is 60.8 Å². The van der Waals surface area contributed by atoms with Gasteiger partial charge in [0.25, 0.3) is 0 Å². The highest BCUT2D eigenvalue weighted by molar-refractivity contribution is 6.09. The molecule has 1 heterocycles. The van der Waals surface area contributed by atoms with Crippen LogP contribution >= 0.6 is 0 Å². The Kier molecular flexibility index (Phi) is 3.28. The monoisotopic (exact) mass is 291 g/mol. The van der Waals surface area contributed by atoms with E-state index in [-0.39, 0.29) is 11.8 Å². The van der Waals surface area contributed by atoms with Crippen LogP contribution in [0.4, 0.5) is 0 Å². The third kappa shape index (κ3) is 2.44. The van der Waals surface area contributed by atoms with Crippen molar-refractivity contribution in [2.45, 2.75) is 24.9 Å². The summed E-state index contributed by atoms with van der Waals surface area (Å²) < 4.78 is 0. The van der Waals surface area contributed by atoms with E-state index in [2.05, 4.69) is 22.4 Å². The molecule has 1 aliphatic carbocycles. The van der Waals surface area contributed by atoms with Crippen LogP contribution in [0, 0.1) is 0 Å². The minimum absolute atomic E-state index is 0.145. The maximum absolute atomic E-state index is 13.1. The van der Waals surface area contributed by atoms with Crippen molar-refractivity contribution in [1.82, 2.24) is 4.98 Å². The second-order valence-corrected chi connectivity index (χ2v) is 6.03. The van der Waals surface area contributed by atoms with E-state index in [4.69, 9.17) is 0 Å². The molecular weight excluding hydrogens is 272 g/mol. The Bertz CT molecular complexity index is 802. The van der Waals surface area contributed by atoms with Crippen LogP contribution in [-0.2, 0) is 0 Å². The van der Waals surface area contributed by atoms with E-state index >= 15 is 0 Å². The van der Waals surface area contributed by atoms with Crippen LogP contribution in [0.3, 0.4) is 0 Å². The summed E-state index contributed by atoms with van der Waals surface area (Å²) in [6.07, 6.45) is 4.28. The number of H-pyrrole nitrogens is 1. The normalized spacial score (nSPS) is 15.8. The number of hydrogen-bond donors (Lipinski definition) is 2. The van der Waals surface area contributed by atoms with Gasteiger partial charge in [-0.2, -0.15) is 0 Å². The Balaban J connectivity index is 1.73. The number of carbonyl (C=O) groups is 1. The van der Waals surface area contributed by atoms with Crippen molar-refractivity contribution < 1.29 is 10.1 Å². The fraction of sp³-hybridized carbons (Fsp3) is 0.211. The van der Waals surface area contributed by atoms with Crippen LogP contribution in [-0.4, -0.2) is 16.8 Å². The number of nitrogens with two attached hydrogens (primary N) is 1. The first-order valence-electron chi connectivity index (χ1n) is 7.83. The van der Waals surface area contributed by atoms with Crippen molar-refractivity contribution in [2.24, 2.45) is 0 Å². The van der Waals surface area contributed by atoms with Gasteiger partial charge in [0.15, 0.2) is 6.04 Å². The molecule has 3 N–H and O–H groups in total. The lowest BCUT2D eigenvalue weighted by atomic mass is 9.97. The second-order valence-electron chi connectivity index (χ2n) is 6.03. The van der Waals surface area contributed by atoms with Crippen molar-refractivity contribution in [2.75, 3.05) is 0 Å². The van der Waals surface area contributed by atoms with Gasteiger partial charge in [0.1, 0.15) is 0 Å². The van der Waals surface area contributed by atoms with Gasteiger partial charge in [0.05, 0.1) is 6.04 Å². The fourth-order valence-electron chi connectivity index (χ4n) is 3.01. The van der Waals surface area contributed by atoms with Gasteiger partial charge in [-0.3, -0.25) is 4.79 Å². The number of hydrogen-bond acceptors (Lipinski definition) is 1. The third-order valence-electron chi connectivity index (χ3n) is 4.38. The van der Waals surface area contributed by atoms with E-state index in [1.54, 1.807) is 0 Å². The Morgan fingerprint density at radius 1 is 1.05 bits per heavy atom. The van der Waals surface area contributed by atoms with Gasteiger partial charge in [-0.15, -0.1) is 0 Å². The largest absolute Gasteiger partial charge is 0.360 e. The standard InChI is InChI=1S/C19H18N2O/c22-19(16-12-20-17-9-5-4-8-15(16)17)18(21-14-10-11-14)13-6-2-1-3-7-13/h1-9,12,14,18,20-21H,10-11H2/p+1/t18-/m0/s1. The van der Waals surface area contributed by atoms with Gasteiger partial charge in [-0.05, 0) is 6.07 Å². The number of benzene rings is 2. The number of para-hydroxylation sites is 1. The summed E-state index contributed by atoms with van der Waals surface area (Å²) in [7, 11) is 0. The van der Waals surface area contributed by atoms with E-state index < -0.39 is 0 Å². The molecule has 1 aromatic heterocycles. The summed E-state index contributed by atoms with van der Waals surface area (Å²) in [5.74, 6) is 0.190. The highest BCUT2D eigenvalue weighted by Gasteiger charge is 2.34. The number of Topliss-reactive ketones (excluding diaryl/α,β-unsaturated/α-hetero) is 1. The molecule has 1 fully saturated rings. The molecule has 3 heteroatoms. The molecule has 4 rings (SSSR count). The number of quaternary nitrogens is 1. The minimum Gasteiger partial charge on any atom is -0.360 e. The van der Waals surface area contributed by atoms with Crippen molar-refractivity contribution in [3.63, 3.8) is 0 Å². The Morgan fingerprint density at radius 3 is 2.55 bits per heavy atom. The van der Waals surface area contributed by atoms with Crippen molar-refractivity contribution in [1.29, 1.82) is 0 Å². The lowest BCUT2D eigenvalue weighted by Crippen LogP contribution is -2.88. The van der Waals surface area contributed by atoms with Crippen molar-refractivity contribution >= 4 is 16.7 Å². The molecule has 0 radical (unpaired) electrons. The molecule has 2 aromatic carbocycles. The van der Waals surface area contributed by atoms with E-state index in [0.29, 0.717) is 6.04 Å². The van der Waals surface area contributed by atoms with Gasteiger partial charge < -0.3 is 10.3 Å². The average molecular weight is 291 g/mol. The molecule has 3 aromatic rings. The zero-order chi connectivity index (χ0) is 14.9. The smallest absolute Gasteiger partial charge is 0.226 e. The predicted molar refractivity (Wildman–Crippen MR) is 86.8 cm³/mol. The number of aromatic nitrogens is 1. The van der Waals surface area contributed by atoms with E-state index in [0.717, 1.165) is 22.0 Å². The number of rotatable bonds is 5. The van der Waals surface area contributed by atoms with Gasteiger partial charge in [-0.1, -0.05) is 48.5 Å². The fourth-order valence-corrected chi connectivity index (χ4v) is 3.01. The summed E-state index contributed by atoms with van der Waals surface area (Å²) in [4.78, 5) is 16.3. The maximum Gasteiger partial charge on any atom is 0.226 e. The number of aromatic amines is 1. The van der Waals surface area contributed by atoms with E-state index in [1.165, 1.54) is 12.8 Å². The summed E-state index contributed by atoms with van der Waals surface area (Å²) in [5.41, 5.74) is 2.90. The first-order valence-corrected chi connectivity index (χ1v) is 7.83. The van der Waals surface area contributed by atoms with Crippen LogP contribution in [0.5, 0.6) is 0 Å². The first kappa shape index (κ1) is 13.3. The van der Waals surface area contributed by atoms with Gasteiger partial charge in [0, 0.05) is 41.1 Å². The van der Waals surface area contributed by atoms with E-state index in [9.17, 15) is 4.79 Å². The molecule has 0 unspecified atom stereocenters. The topological polar surface area (TPSA) is 49.5 Å². The summed E-state index contributed by atoms with van der Waals surface area (Å²) in [5, 5.41) is 3.25. The molecule has 0 spiro atoms. The van der Waals surface area contributed by atoms with Crippen LogP contribution in [0.2, 0.25) is 0 Å². The van der Waals surface area contributed by atoms with Crippen molar-refractivity contribution in [3.8, 4) is 0 Å². The SMILES string of the molecule is O=C(c1c[nH]c2ccccc12)[C@@H]([NH2+]C1CC1)c1ccccc1. The quantitative estimate of drug-likeness (QED) is 0.698. The lowest BCUT2D eigenvalue weighted by Gasteiger charge is -2.14. The molecule has 1 atom stereocenters. The second kappa shape index (κ2) is 5.43. The predicted octanol–water partition coefficient (Wildman–Crippen LogP) is 2.82.